The van der Waals surface area contributed by atoms with Crippen molar-refractivity contribution >= 4 is 21.8 Å². The molecule has 21 heavy (non-hydrogen) atoms. The Balaban J connectivity index is 2.13. The molecule has 0 spiro atoms. The lowest BCUT2D eigenvalue weighted by molar-refractivity contribution is -0.117. The molecule has 0 saturated carbocycles. The number of ether oxygens (including phenoxy) is 1. The van der Waals surface area contributed by atoms with E-state index in [4.69, 9.17) is 4.74 Å². The van der Waals surface area contributed by atoms with Gasteiger partial charge < -0.3 is 9.64 Å². The van der Waals surface area contributed by atoms with Gasteiger partial charge in [0.15, 0.2) is 0 Å². The minimum absolute atomic E-state index is 0.0129. The summed E-state index contributed by atoms with van der Waals surface area (Å²) in [7, 11) is -4.56. The van der Waals surface area contributed by atoms with E-state index in [-0.39, 0.29) is 25.0 Å². The molecule has 1 fully saturated rings. The summed E-state index contributed by atoms with van der Waals surface area (Å²) >= 11 is 0. The van der Waals surface area contributed by atoms with Gasteiger partial charge in [-0.15, -0.1) is 3.89 Å². The number of carbonyl (C=O) groups is 1. The van der Waals surface area contributed by atoms with E-state index < -0.39 is 21.9 Å². The molecule has 1 aliphatic rings. The van der Waals surface area contributed by atoms with Gasteiger partial charge in [0.1, 0.15) is 5.75 Å². The van der Waals surface area contributed by atoms with Gasteiger partial charge in [-0.25, -0.2) is 0 Å². The number of rotatable bonds is 5. The molecule has 1 aromatic rings. The fourth-order valence-corrected chi connectivity index (χ4v) is 3.21. The lowest BCUT2D eigenvalue weighted by Gasteiger charge is -2.18. The number of hydrogen-bond donors (Lipinski definition) is 0. The molecule has 1 saturated heterocycles. The zero-order chi connectivity index (χ0) is 15.6. The zero-order valence-corrected chi connectivity index (χ0v) is 12.8. The Morgan fingerprint density at radius 2 is 2.14 bits per heavy atom. The van der Waals surface area contributed by atoms with Crippen molar-refractivity contribution in [1.82, 2.24) is 0 Å². The Kier molecular flexibility index (Phi) is 4.51. The van der Waals surface area contributed by atoms with Gasteiger partial charge in [-0.1, -0.05) is 6.07 Å². The van der Waals surface area contributed by atoms with Crippen LogP contribution in [-0.4, -0.2) is 32.7 Å². The van der Waals surface area contributed by atoms with Crippen molar-refractivity contribution in [3.8, 4) is 5.75 Å². The van der Waals surface area contributed by atoms with Crippen LogP contribution in [0.4, 0.5) is 9.57 Å². The lowest BCUT2D eigenvalue weighted by Crippen LogP contribution is -2.25. The highest BCUT2D eigenvalue weighted by Gasteiger charge is 2.33. The summed E-state index contributed by atoms with van der Waals surface area (Å²) in [5.41, 5.74) is 0.636. The fourth-order valence-electron chi connectivity index (χ4n) is 2.42. The van der Waals surface area contributed by atoms with Gasteiger partial charge in [-0.05, 0) is 26.0 Å². The van der Waals surface area contributed by atoms with Gasteiger partial charge >= 0.3 is 10.2 Å². The first-order valence-corrected chi connectivity index (χ1v) is 8.29. The SMILES string of the molecule is CC(C)Oc1cccc(N2CC(CS(=O)(=O)F)CC2=O)c1. The van der Waals surface area contributed by atoms with Gasteiger partial charge in [0, 0.05) is 30.6 Å². The molecule has 2 rings (SSSR count). The van der Waals surface area contributed by atoms with E-state index in [2.05, 4.69) is 0 Å². The fraction of sp³-hybridized carbons (Fsp3) is 0.500. The Hall–Kier alpha value is -1.63. The number of carbonyl (C=O) groups excluding carboxylic acids is 1. The van der Waals surface area contributed by atoms with Gasteiger partial charge in [-0.3, -0.25) is 4.79 Å². The van der Waals surface area contributed by atoms with Crippen LogP contribution >= 0.6 is 0 Å². The van der Waals surface area contributed by atoms with Gasteiger partial charge in [0.05, 0.1) is 11.9 Å². The summed E-state index contributed by atoms with van der Waals surface area (Å²) in [6.07, 6.45) is 0.0530. The molecule has 1 unspecified atom stereocenters. The number of anilines is 1. The normalized spacial score (nSPS) is 19.3. The van der Waals surface area contributed by atoms with E-state index in [9.17, 15) is 17.1 Å². The molecule has 0 aromatic heterocycles. The highest BCUT2D eigenvalue weighted by atomic mass is 32.3. The predicted octanol–water partition coefficient (Wildman–Crippen LogP) is 2.13. The highest BCUT2D eigenvalue weighted by molar-refractivity contribution is 7.86. The quantitative estimate of drug-likeness (QED) is 0.781. The molecule has 0 radical (unpaired) electrons. The second kappa shape index (κ2) is 6.01. The van der Waals surface area contributed by atoms with Crippen LogP contribution in [0.2, 0.25) is 0 Å². The van der Waals surface area contributed by atoms with E-state index in [0.717, 1.165) is 0 Å². The van der Waals surface area contributed by atoms with E-state index in [1.807, 2.05) is 13.8 Å². The van der Waals surface area contributed by atoms with Crippen molar-refractivity contribution in [3.63, 3.8) is 0 Å². The molecule has 1 aliphatic heterocycles. The Bertz CT molecular complexity index is 630. The molecule has 1 atom stereocenters. The number of amides is 1. The van der Waals surface area contributed by atoms with Crippen molar-refractivity contribution in [3.05, 3.63) is 24.3 Å². The van der Waals surface area contributed by atoms with Gasteiger partial charge in [0.2, 0.25) is 5.91 Å². The van der Waals surface area contributed by atoms with E-state index >= 15 is 0 Å². The zero-order valence-electron chi connectivity index (χ0n) is 12.0. The first-order chi connectivity index (χ1) is 9.74. The molecule has 0 N–H and O–H groups in total. The minimum Gasteiger partial charge on any atom is -0.491 e. The summed E-state index contributed by atoms with van der Waals surface area (Å²) in [4.78, 5) is 13.4. The van der Waals surface area contributed by atoms with E-state index in [0.29, 0.717) is 11.4 Å². The van der Waals surface area contributed by atoms with Crippen LogP contribution in [0.25, 0.3) is 0 Å². The molecular formula is C14H18FNO4S. The number of halogens is 1. The lowest BCUT2D eigenvalue weighted by atomic mass is 10.1. The molecular weight excluding hydrogens is 297 g/mol. The predicted molar refractivity (Wildman–Crippen MR) is 77.6 cm³/mol. The molecule has 0 aliphatic carbocycles. The minimum atomic E-state index is -4.56. The summed E-state index contributed by atoms with van der Waals surface area (Å²) in [5.74, 6) is -0.693. The molecule has 1 amide bonds. The number of benzene rings is 1. The smallest absolute Gasteiger partial charge is 0.302 e. The Morgan fingerprint density at radius 3 is 2.76 bits per heavy atom. The summed E-state index contributed by atoms with van der Waals surface area (Å²) in [5, 5.41) is 0. The molecule has 1 heterocycles. The molecule has 0 bridgehead atoms. The highest BCUT2D eigenvalue weighted by Crippen LogP contribution is 2.29. The maximum Gasteiger partial charge on any atom is 0.302 e. The van der Waals surface area contributed by atoms with Crippen molar-refractivity contribution in [2.24, 2.45) is 5.92 Å². The third-order valence-corrected chi connectivity index (χ3v) is 4.01. The second-order valence-electron chi connectivity index (χ2n) is 5.44. The van der Waals surface area contributed by atoms with Crippen molar-refractivity contribution in [1.29, 1.82) is 0 Å². The van der Waals surface area contributed by atoms with Gasteiger partial charge in [-0.2, -0.15) is 8.42 Å². The van der Waals surface area contributed by atoms with Gasteiger partial charge in [0.25, 0.3) is 0 Å². The average Bonchev–Trinajstić information content (AvgIpc) is 2.67. The van der Waals surface area contributed by atoms with Crippen LogP contribution in [0, 0.1) is 5.92 Å². The maximum atomic E-state index is 12.7. The summed E-state index contributed by atoms with van der Waals surface area (Å²) in [6, 6.07) is 7.02. The second-order valence-corrected chi connectivity index (χ2v) is 6.85. The number of hydrogen-bond acceptors (Lipinski definition) is 4. The van der Waals surface area contributed by atoms with E-state index in [1.54, 1.807) is 24.3 Å². The van der Waals surface area contributed by atoms with Crippen LogP contribution < -0.4 is 9.64 Å². The topological polar surface area (TPSA) is 63.7 Å². The Morgan fingerprint density at radius 1 is 1.43 bits per heavy atom. The van der Waals surface area contributed by atoms with E-state index in [1.165, 1.54) is 4.90 Å². The van der Waals surface area contributed by atoms with Crippen molar-refractivity contribution in [2.45, 2.75) is 26.4 Å². The molecule has 116 valence electrons. The van der Waals surface area contributed by atoms with Crippen LogP contribution in [0.3, 0.4) is 0 Å². The first kappa shape index (κ1) is 15.8. The van der Waals surface area contributed by atoms with Crippen LogP contribution in [0.1, 0.15) is 20.3 Å². The van der Waals surface area contributed by atoms with Crippen molar-refractivity contribution < 1.29 is 21.8 Å². The van der Waals surface area contributed by atoms with Crippen LogP contribution in [0.5, 0.6) is 5.75 Å². The molecule has 1 aromatic carbocycles. The maximum absolute atomic E-state index is 12.7. The first-order valence-electron chi connectivity index (χ1n) is 6.74. The molecule has 5 nitrogen and oxygen atoms in total. The Labute approximate surface area is 123 Å². The largest absolute Gasteiger partial charge is 0.491 e. The number of nitrogens with zero attached hydrogens (tertiary/aromatic N) is 1. The monoisotopic (exact) mass is 315 g/mol. The average molecular weight is 315 g/mol. The van der Waals surface area contributed by atoms with Crippen LogP contribution in [0.15, 0.2) is 24.3 Å². The standard InChI is InChI=1S/C14H18FNO4S/c1-10(2)20-13-5-3-4-12(7-13)16-8-11(6-14(16)17)9-21(15,18)19/h3-5,7,10-11H,6,8-9H2,1-2H3. The third-order valence-electron chi connectivity index (χ3n) is 3.14. The molecule has 7 heteroatoms. The third kappa shape index (κ3) is 4.42. The van der Waals surface area contributed by atoms with Crippen LogP contribution in [-0.2, 0) is 15.0 Å². The van der Waals surface area contributed by atoms with Crippen molar-refractivity contribution in [2.75, 3.05) is 17.2 Å². The summed E-state index contributed by atoms with van der Waals surface area (Å²) < 4.78 is 39.7. The summed E-state index contributed by atoms with van der Waals surface area (Å²) in [6.45, 7) is 4.00.